The maximum absolute atomic E-state index is 12.1. The summed E-state index contributed by atoms with van der Waals surface area (Å²) in [4.78, 5) is 10.7. The second-order valence-electron chi connectivity index (χ2n) is 3.48. The van der Waals surface area contributed by atoms with E-state index in [9.17, 15) is 13.6 Å². The third-order valence-corrected chi connectivity index (χ3v) is 3.27. The molecule has 0 amide bonds. The van der Waals surface area contributed by atoms with Gasteiger partial charge in [-0.25, -0.2) is 0 Å². The summed E-state index contributed by atoms with van der Waals surface area (Å²) >= 11 is 3.20. The van der Waals surface area contributed by atoms with Gasteiger partial charge in [0.05, 0.1) is 6.61 Å². The number of Topliss-reactive ketones (excluding diaryl/α,β-unsaturated/α-hetero) is 1. The lowest BCUT2D eigenvalue weighted by Crippen LogP contribution is -2.07. The second kappa shape index (κ2) is 6.68. The zero-order valence-electron chi connectivity index (χ0n) is 9.95. The Kier molecular flexibility index (Phi) is 5.53. The van der Waals surface area contributed by atoms with Crippen LogP contribution in [-0.4, -0.2) is 19.0 Å². The van der Waals surface area contributed by atoms with Crippen molar-refractivity contribution in [2.45, 2.75) is 25.3 Å². The van der Waals surface area contributed by atoms with Gasteiger partial charge in [0.25, 0.3) is 0 Å². The van der Waals surface area contributed by atoms with E-state index in [0.29, 0.717) is 17.9 Å². The van der Waals surface area contributed by atoms with Gasteiger partial charge >= 0.3 is 6.61 Å². The van der Waals surface area contributed by atoms with Crippen LogP contribution in [0, 0.1) is 0 Å². The van der Waals surface area contributed by atoms with Crippen LogP contribution >= 0.6 is 15.9 Å². The van der Waals surface area contributed by atoms with E-state index in [0.717, 1.165) is 0 Å². The molecular weight excluding hydrogens is 310 g/mol. The first-order valence-electron chi connectivity index (χ1n) is 5.31. The number of carbonyl (C=O) groups is 1. The molecule has 18 heavy (non-hydrogen) atoms. The maximum Gasteiger partial charge on any atom is 0.387 e. The first kappa shape index (κ1) is 14.9. The molecule has 0 heterocycles. The van der Waals surface area contributed by atoms with Crippen molar-refractivity contribution in [1.29, 1.82) is 0 Å². The summed E-state index contributed by atoms with van der Waals surface area (Å²) in [7, 11) is 0. The van der Waals surface area contributed by atoms with Crippen molar-refractivity contribution in [1.82, 2.24) is 0 Å². The average Bonchev–Trinajstić information content (AvgIpc) is 2.29. The zero-order valence-corrected chi connectivity index (χ0v) is 11.5. The van der Waals surface area contributed by atoms with Crippen LogP contribution in [0.3, 0.4) is 0 Å². The number of benzene rings is 1. The minimum absolute atomic E-state index is 0.00541. The quantitative estimate of drug-likeness (QED) is 0.749. The molecule has 0 radical (unpaired) electrons. The largest absolute Gasteiger partial charge is 0.494 e. The highest BCUT2D eigenvalue weighted by Gasteiger charge is 2.19. The smallest absolute Gasteiger partial charge is 0.387 e. The molecule has 0 N–H and O–H groups in total. The van der Waals surface area contributed by atoms with Gasteiger partial charge in [0.1, 0.15) is 22.1 Å². The summed E-state index contributed by atoms with van der Waals surface area (Å²) in [6.07, 6.45) is 0. The van der Waals surface area contributed by atoms with Gasteiger partial charge in [0.15, 0.2) is 0 Å². The maximum atomic E-state index is 12.1. The van der Waals surface area contributed by atoms with Crippen molar-refractivity contribution in [2.24, 2.45) is 0 Å². The van der Waals surface area contributed by atoms with Crippen LogP contribution < -0.4 is 9.47 Å². The zero-order chi connectivity index (χ0) is 13.7. The molecule has 0 spiro atoms. The highest BCUT2D eigenvalue weighted by molar-refractivity contribution is 9.09. The van der Waals surface area contributed by atoms with E-state index in [1.165, 1.54) is 25.1 Å². The van der Waals surface area contributed by atoms with Crippen molar-refractivity contribution in [3.05, 3.63) is 23.8 Å². The van der Waals surface area contributed by atoms with Gasteiger partial charge in [-0.05, 0) is 32.0 Å². The van der Waals surface area contributed by atoms with Crippen LogP contribution in [0.4, 0.5) is 8.78 Å². The van der Waals surface area contributed by atoms with Crippen LogP contribution in [0.1, 0.15) is 24.2 Å². The first-order valence-corrected chi connectivity index (χ1v) is 6.23. The van der Waals surface area contributed by atoms with E-state index < -0.39 is 11.4 Å². The van der Waals surface area contributed by atoms with Crippen LogP contribution in [0.15, 0.2) is 18.2 Å². The molecule has 0 aromatic heterocycles. The van der Waals surface area contributed by atoms with Gasteiger partial charge in [0.2, 0.25) is 0 Å². The Morgan fingerprint density at radius 3 is 2.61 bits per heavy atom. The van der Waals surface area contributed by atoms with E-state index in [1.54, 1.807) is 6.92 Å². The molecule has 0 aliphatic carbocycles. The molecule has 1 rings (SSSR count). The Hall–Kier alpha value is -1.17. The van der Waals surface area contributed by atoms with Crippen molar-refractivity contribution in [2.75, 3.05) is 6.61 Å². The summed E-state index contributed by atoms with van der Waals surface area (Å²) in [5.41, 5.74) is 0.475. The number of halogens is 3. The fraction of sp³-hybridized carbons (Fsp3) is 0.417. The van der Waals surface area contributed by atoms with Crippen LogP contribution in [-0.2, 0) is 4.79 Å². The predicted octanol–water partition coefficient (Wildman–Crippen LogP) is 3.71. The molecule has 0 fully saturated rings. The Morgan fingerprint density at radius 2 is 2.11 bits per heavy atom. The minimum Gasteiger partial charge on any atom is -0.494 e. The predicted molar refractivity (Wildman–Crippen MR) is 66.6 cm³/mol. The molecule has 0 saturated carbocycles. The Labute approximate surface area is 112 Å². The lowest BCUT2D eigenvalue weighted by Gasteiger charge is -2.15. The third-order valence-electron chi connectivity index (χ3n) is 2.14. The summed E-state index contributed by atoms with van der Waals surface area (Å²) in [5.74, 6) is 0.315. The molecular formula is C12H13BrF2O3. The monoisotopic (exact) mass is 322 g/mol. The van der Waals surface area contributed by atoms with Crippen molar-refractivity contribution in [3.63, 3.8) is 0 Å². The summed E-state index contributed by atoms with van der Waals surface area (Å²) in [5, 5.41) is 0. The fourth-order valence-corrected chi connectivity index (χ4v) is 1.76. The Balaban J connectivity index is 3.10. The molecule has 1 aromatic carbocycles. The van der Waals surface area contributed by atoms with Crippen LogP contribution in [0.25, 0.3) is 0 Å². The van der Waals surface area contributed by atoms with E-state index in [4.69, 9.17) is 4.74 Å². The lowest BCUT2D eigenvalue weighted by atomic mass is 10.1. The molecule has 3 nitrogen and oxygen atoms in total. The van der Waals surface area contributed by atoms with E-state index in [1.807, 2.05) is 0 Å². The lowest BCUT2D eigenvalue weighted by molar-refractivity contribution is -0.116. The second-order valence-corrected chi connectivity index (χ2v) is 4.40. The third kappa shape index (κ3) is 3.94. The summed E-state index contributed by atoms with van der Waals surface area (Å²) < 4.78 is 33.9. The molecule has 1 unspecified atom stereocenters. The fourth-order valence-electron chi connectivity index (χ4n) is 1.41. The summed E-state index contributed by atoms with van der Waals surface area (Å²) in [6.45, 7) is 0.710. The standard InChI is InChI=1S/C12H13BrF2O3/c1-3-17-10-5-4-8(18-12(14)15)6-9(10)11(13)7(2)16/h4-6,11-12H,3H2,1-2H3. The van der Waals surface area contributed by atoms with Gasteiger partial charge in [-0.1, -0.05) is 15.9 Å². The number of rotatable bonds is 6. The molecule has 1 aromatic rings. The van der Waals surface area contributed by atoms with Gasteiger partial charge in [0, 0.05) is 5.56 Å². The Morgan fingerprint density at radius 1 is 1.44 bits per heavy atom. The highest BCUT2D eigenvalue weighted by atomic mass is 79.9. The van der Waals surface area contributed by atoms with Gasteiger partial charge in [-0.3, -0.25) is 4.79 Å². The Bertz CT molecular complexity index is 424. The first-order chi connectivity index (χ1) is 8.45. The molecule has 0 aliphatic rings. The molecule has 1 atom stereocenters. The molecule has 0 bridgehead atoms. The molecule has 100 valence electrons. The number of alkyl halides is 3. The number of hydrogen-bond acceptors (Lipinski definition) is 3. The van der Waals surface area contributed by atoms with Crippen molar-refractivity contribution >= 4 is 21.7 Å². The normalized spacial score (nSPS) is 12.3. The highest BCUT2D eigenvalue weighted by Crippen LogP contribution is 2.35. The number of carbonyl (C=O) groups excluding carboxylic acids is 1. The molecule has 0 saturated heterocycles. The van der Waals surface area contributed by atoms with Gasteiger partial charge < -0.3 is 9.47 Å². The molecule has 0 aliphatic heterocycles. The number of ether oxygens (including phenoxy) is 2. The van der Waals surface area contributed by atoms with Crippen LogP contribution in [0.5, 0.6) is 11.5 Å². The minimum atomic E-state index is -2.90. The van der Waals surface area contributed by atoms with Crippen molar-refractivity contribution in [3.8, 4) is 11.5 Å². The van der Waals surface area contributed by atoms with Crippen LogP contribution in [0.2, 0.25) is 0 Å². The van der Waals surface area contributed by atoms with E-state index in [2.05, 4.69) is 20.7 Å². The van der Waals surface area contributed by atoms with Gasteiger partial charge in [-0.15, -0.1) is 0 Å². The van der Waals surface area contributed by atoms with Gasteiger partial charge in [-0.2, -0.15) is 8.78 Å². The van der Waals surface area contributed by atoms with Crippen molar-refractivity contribution < 1.29 is 23.0 Å². The SMILES string of the molecule is CCOc1ccc(OC(F)F)cc1C(Br)C(C)=O. The molecule has 6 heteroatoms. The van der Waals surface area contributed by atoms with E-state index >= 15 is 0 Å². The topological polar surface area (TPSA) is 35.5 Å². The summed E-state index contributed by atoms with van der Waals surface area (Å²) in [6, 6.07) is 4.26. The number of ketones is 1. The number of hydrogen-bond donors (Lipinski definition) is 0. The average molecular weight is 323 g/mol. The van der Waals surface area contributed by atoms with E-state index in [-0.39, 0.29) is 11.5 Å².